The molecule has 3 N–H and O–H groups in total. The van der Waals surface area contributed by atoms with Crippen molar-refractivity contribution in [3.63, 3.8) is 0 Å². The zero-order valence-corrected chi connectivity index (χ0v) is 12.3. The fourth-order valence-electron chi connectivity index (χ4n) is 1.46. The van der Waals surface area contributed by atoms with Crippen molar-refractivity contribution in [2.24, 2.45) is 0 Å². The first-order valence-electron chi connectivity index (χ1n) is 5.95. The highest BCUT2D eigenvalue weighted by atomic mass is 79.9. The summed E-state index contributed by atoms with van der Waals surface area (Å²) < 4.78 is 6.30. The number of ether oxygens (including phenoxy) is 1. The fraction of sp³-hybridized carbons (Fsp3) is 0.154. The fourth-order valence-corrected chi connectivity index (χ4v) is 1.79. The predicted octanol–water partition coefficient (Wildman–Crippen LogP) is 2.36. The van der Waals surface area contributed by atoms with Crippen LogP contribution in [0, 0.1) is 0 Å². The second-order valence-corrected chi connectivity index (χ2v) is 4.76. The Hall–Kier alpha value is -2.15. The van der Waals surface area contributed by atoms with Crippen molar-refractivity contribution in [3.8, 4) is 11.6 Å². The summed E-state index contributed by atoms with van der Waals surface area (Å²) in [6.07, 6.45) is 0. The molecule has 20 heavy (non-hydrogen) atoms. The van der Waals surface area contributed by atoms with Crippen LogP contribution in [0.25, 0.3) is 0 Å². The molecule has 0 saturated heterocycles. The van der Waals surface area contributed by atoms with Gasteiger partial charge < -0.3 is 15.8 Å². The van der Waals surface area contributed by atoms with E-state index in [2.05, 4.69) is 31.4 Å². The first-order valence-corrected chi connectivity index (χ1v) is 6.74. The van der Waals surface area contributed by atoms with E-state index < -0.39 is 0 Å². The number of hydrogen-bond donors (Lipinski definition) is 2. The molecule has 1 amide bonds. The van der Waals surface area contributed by atoms with Gasteiger partial charge in [0, 0.05) is 24.4 Å². The van der Waals surface area contributed by atoms with Gasteiger partial charge in [0.2, 0.25) is 5.88 Å². The highest BCUT2D eigenvalue weighted by Crippen LogP contribution is 2.30. The lowest BCUT2D eigenvalue weighted by Gasteiger charge is -2.07. The lowest BCUT2D eigenvalue weighted by Crippen LogP contribution is -2.23. The normalized spacial score (nSPS) is 10.1. The smallest absolute Gasteiger partial charge is 0.271 e. The minimum atomic E-state index is -0.267. The molecule has 0 unspecified atom stereocenters. The number of rotatable bonds is 4. The molecule has 0 fully saturated rings. The van der Waals surface area contributed by atoms with Gasteiger partial charge in [-0.2, -0.15) is 0 Å². The largest absolute Gasteiger partial charge is 0.436 e. The number of carbonyl (C=O) groups is 1. The molecule has 0 spiro atoms. The van der Waals surface area contributed by atoms with Gasteiger partial charge in [0.1, 0.15) is 5.75 Å². The van der Waals surface area contributed by atoms with Crippen LogP contribution in [-0.4, -0.2) is 22.6 Å². The second kappa shape index (κ2) is 6.33. The van der Waals surface area contributed by atoms with Crippen LogP contribution in [0.1, 0.15) is 17.4 Å². The summed E-state index contributed by atoms with van der Waals surface area (Å²) in [5.41, 5.74) is 6.51. The first kappa shape index (κ1) is 14.3. The van der Waals surface area contributed by atoms with E-state index in [1.165, 1.54) is 0 Å². The molecular weight excluding hydrogens is 324 g/mol. The van der Waals surface area contributed by atoms with Gasteiger partial charge in [-0.1, -0.05) is 0 Å². The number of benzene rings is 1. The third kappa shape index (κ3) is 3.45. The molecule has 1 aromatic carbocycles. The highest BCUT2D eigenvalue weighted by Gasteiger charge is 2.09. The number of carbonyl (C=O) groups excluding carboxylic acids is 1. The Morgan fingerprint density at radius 2 is 2.15 bits per heavy atom. The summed E-state index contributed by atoms with van der Waals surface area (Å²) in [7, 11) is 0. The molecule has 0 radical (unpaired) electrons. The van der Waals surface area contributed by atoms with E-state index >= 15 is 0 Å². The number of anilines is 1. The van der Waals surface area contributed by atoms with E-state index in [0.717, 1.165) is 4.47 Å². The third-order valence-electron chi connectivity index (χ3n) is 2.38. The monoisotopic (exact) mass is 336 g/mol. The summed E-state index contributed by atoms with van der Waals surface area (Å²) in [4.78, 5) is 11.5. The quantitative estimate of drug-likeness (QED) is 0.836. The zero-order valence-electron chi connectivity index (χ0n) is 10.8. The molecule has 0 aliphatic carbocycles. The van der Waals surface area contributed by atoms with E-state index in [4.69, 9.17) is 10.5 Å². The Kier molecular flexibility index (Phi) is 4.52. The maximum Gasteiger partial charge on any atom is 0.271 e. The Morgan fingerprint density at radius 3 is 2.80 bits per heavy atom. The second-order valence-electron chi connectivity index (χ2n) is 3.91. The summed E-state index contributed by atoms with van der Waals surface area (Å²) in [6.45, 7) is 2.37. The van der Waals surface area contributed by atoms with Gasteiger partial charge in [-0.25, -0.2) is 0 Å². The average molecular weight is 337 g/mol. The number of halogens is 1. The standard InChI is InChI=1S/C13H13BrN4O2/c1-2-16-13(19)10-5-6-12(18-17-10)20-11-7-8(15)3-4-9(11)14/h3-7H,2,15H2,1H3,(H,16,19). The Bertz CT molecular complexity index is 616. The van der Waals surface area contributed by atoms with E-state index in [-0.39, 0.29) is 17.5 Å². The van der Waals surface area contributed by atoms with E-state index in [0.29, 0.717) is 18.0 Å². The van der Waals surface area contributed by atoms with Gasteiger partial charge in [-0.05, 0) is 41.1 Å². The lowest BCUT2D eigenvalue weighted by molar-refractivity contribution is 0.0949. The highest BCUT2D eigenvalue weighted by molar-refractivity contribution is 9.10. The van der Waals surface area contributed by atoms with Crippen LogP contribution in [0.15, 0.2) is 34.8 Å². The van der Waals surface area contributed by atoms with Gasteiger partial charge >= 0.3 is 0 Å². The number of nitrogens with zero attached hydrogens (tertiary/aromatic N) is 2. The number of nitrogen functional groups attached to an aromatic ring is 1. The first-order chi connectivity index (χ1) is 9.60. The van der Waals surface area contributed by atoms with E-state index in [1.54, 1.807) is 30.3 Å². The molecule has 1 aromatic heterocycles. The van der Waals surface area contributed by atoms with Crippen LogP contribution in [0.5, 0.6) is 11.6 Å². The van der Waals surface area contributed by atoms with Gasteiger partial charge in [-0.3, -0.25) is 4.79 Å². The topological polar surface area (TPSA) is 90.1 Å². The molecule has 0 aliphatic rings. The van der Waals surface area contributed by atoms with Crippen molar-refractivity contribution in [3.05, 3.63) is 40.5 Å². The van der Waals surface area contributed by atoms with Crippen molar-refractivity contribution < 1.29 is 9.53 Å². The predicted molar refractivity (Wildman–Crippen MR) is 78.7 cm³/mol. The summed E-state index contributed by atoms with van der Waals surface area (Å²) in [5, 5.41) is 10.3. The molecule has 0 bridgehead atoms. The number of nitrogens with two attached hydrogens (primary N) is 1. The molecule has 0 atom stereocenters. The maximum atomic E-state index is 11.5. The van der Waals surface area contributed by atoms with Crippen LogP contribution >= 0.6 is 15.9 Å². The maximum absolute atomic E-state index is 11.5. The van der Waals surface area contributed by atoms with Gasteiger partial charge in [0.25, 0.3) is 5.91 Å². The average Bonchev–Trinajstić information content (AvgIpc) is 2.44. The van der Waals surface area contributed by atoms with E-state index in [1.807, 2.05) is 6.92 Å². The molecule has 7 heteroatoms. The lowest BCUT2D eigenvalue weighted by atomic mass is 10.3. The molecular formula is C13H13BrN4O2. The third-order valence-corrected chi connectivity index (χ3v) is 3.03. The number of hydrogen-bond acceptors (Lipinski definition) is 5. The molecule has 2 rings (SSSR count). The van der Waals surface area contributed by atoms with Crippen LogP contribution in [0.2, 0.25) is 0 Å². The van der Waals surface area contributed by atoms with Crippen molar-refractivity contribution in [2.75, 3.05) is 12.3 Å². The molecule has 0 aliphatic heterocycles. The number of aromatic nitrogens is 2. The van der Waals surface area contributed by atoms with Gasteiger partial charge in [0.15, 0.2) is 5.69 Å². The summed E-state index contributed by atoms with van der Waals surface area (Å²) in [6, 6.07) is 8.33. The summed E-state index contributed by atoms with van der Waals surface area (Å²) in [5.74, 6) is 0.547. The van der Waals surface area contributed by atoms with Gasteiger partial charge in [0.05, 0.1) is 4.47 Å². The van der Waals surface area contributed by atoms with Crippen molar-refractivity contribution in [1.82, 2.24) is 15.5 Å². The zero-order chi connectivity index (χ0) is 14.5. The van der Waals surface area contributed by atoms with Crippen molar-refractivity contribution >= 4 is 27.5 Å². The molecule has 2 aromatic rings. The molecule has 0 saturated carbocycles. The van der Waals surface area contributed by atoms with Gasteiger partial charge in [-0.15, -0.1) is 10.2 Å². The van der Waals surface area contributed by atoms with Crippen LogP contribution in [0.4, 0.5) is 5.69 Å². The van der Waals surface area contributed by atoms with Crippen molar-refractivity contribution in [1.29, 1.82) is 0 Å². The Balaban J connectivity index is 2.14. The van der Waals surface area contributed by atoms with Crippen LogP contribution in [-0.2, 0) is 0 Å². The number of nitrogens with one attached hydrogen (secondary N) is 1. The summed E-state index contributed by atoms with van der Waals surface area (Å²) >= 11 is 3.35. The van der Waals surface area contributed by atoms with Crippen LogP contribution < -0.4 is 15.8 Å². The number of amides is 1. The SMILES string of the molecule is CCNC(=O)c1ccc(Oc2cc(N)ccc2Br)nn1. The van der Waals surface area contributed by atoms with E-state index in [9.17, 15) is 4.79 Å². The molecule has 6 nitrogen and oxygen atoms in total. The minimum absolute atomic E-state index is 0.242. The van der Waals surface area contributed by atoms with Crippen molar-refractivity contribution in [2.45, 2.75) is 6.92 Å². The van der Waals surface area contributed by atoms with Crippen LogP contribution in [0.3, 0.4) is 0 Å². The Morgan fingerprint density at radius 1 is 1.35 bits per heavy atom. The molecule has 104 valence electrons. The molecule has 1 heterocycles. The Labute approximate surface area is 124 Å². The minimum Gasteiger partial charge on any atom is -0.436 e.